The molecule has 0 spiro atoms. The molecule has 0 heterocycles. The van der Waals surface area contributed by atoms with E-state index in [1.165, 1.54) is 18.2 Å². The Morgan fingerprint density at radius 1 is 1.30 bits per heavy atom. The van der Waals surface area contributed by atoms with E-state index >= 15 is 0 Å². The van der Waals surface area contributed by atoms with Gasteiger partial charge in [-0.15, -0.1) is 0 Å². The predicted molar refractivity (Wildman–Crippen MR) is 84.7 cm³/mol. The van der Waals surface area contributed by atoms with Crippen molar-refractivity contribution >= 4 is 17.6 Å². The van der Waals surface area contributed by atoms with Gasteiger partial charge in [0.1, 0.15) is 5.75 Å². The topological polar surface area (TPSA) is 130 Å². The first-order valence-electron chi connectivity index (χ1n) is 6.36. The highest BCUT2D eigenvalue weighted by atomic mass is 16.3. The number of aliphatic imine (C=N–C) groups is 1. The number of phenols is 1. The summed E-state index contributed by atoms with van der Waals surface area (Å²) in [6.45, 7) is 7.26. The molecular formula is C16H11N5O2. The average Bonchev–Trinajstić information content (AvgIpc) is 2.53. The van der Waals surface area contributed by atoms with Gasteiger partial charge < -0.3 is 16.6 Å². The summed E-state index contributed by atoms with van der Waals surface area (Å²) in [5.74, 6) is -1.69. The van der Waals surface area contributed by atoms with Crippen LogP contribution in [0.1, 0.15) is 15.9 Å². The van der Waals surface area contributed by atoms with Crippen LogP contribution in [0.4, 0.5) is 5.69 Å². The minimum absolute atomic E-state index is 0.132. The van der Waals surface area contributed by atoms with Crippen LogP contribution in [-0.2, 0) is 0 Å². The molecule has 7 heteroatoms. The molecule has 0 aliphatic carbocycles. The van der Waals surface area contributed by atoms with E-state index in [0.29, 0.717) is 11.1 Å². The Morgan fingerprint density at radius 3 is 2.65 bits per heavy atom. The lowest BCUT2D eigenvalue weighted by Crippen LogP contribution is -2.24. The van der Waals surface area contributed by atoms with Gasteiger partial charge in [-0.05, 0) is 23.8 Å². The van der Waals surface area contributed by atoms with E-state index in [2.05, 4.69) is 9.84 Å². The van der Waals surface area contributed by atoms with Gasteiger partial charge in [0.15, 0.2) is 11.6 Å². The number of rotatable bonds is 2. The molecular weight excluding hydrogens is 294 g/mol. The van der Waals surface area contributed by atoms with Gasteiger partial charge in [-0.3, -0.25) is 4.79 Å². The lowest BCUT2D eigenvalue weighted by atomic mass is 9.95. The molecule has 23 heavy (non-hydrogen) atoms. The van der Waals surface area contributed by atoms with Crippen LogP contribution in [0.2, 0.25) is 0 Å². The summed E-state index contributed by atoms with van der Waals surface area (Å²) in [6.07, 6.45) is 0. The fraction of sp³-hybridized carbons (Fsp3) is 0. The van der Waals surface area contributed by atoms with Crippen LogP contribution >= 0.6 is 0 Å². The average molecular weight is 305 g/mol. The van der Waals surface area contributed by atoms with E-state index in [-0.39, 0.29) is 22.6 Å². The maximum atomic E-state index is 12.2. The number of guanidine groups is 1. The Balaban J connectivity index is 2.82. The van der Waals surface area contributed by atoms with Gasteiger partial charge in [0.25, 0.3) is 5.91 Å². The quantitative estimate of drug-likeness (QED) is 0.443. The highest BCUT2D eigenvalue weighted by Gasteiger charge is 2.21. The first-order valence-corrected chi connectivity index (χ1v) is 6.36. The van der Waals surface area contributed by atoms with Crippen LogP contribution in [0.3, 0.4) is 0 Å². The number of carbonyl (C=O) groups excluding carboxylic acids is 1. The van der Waals surface area contributed by atoms with E-state index in [1.807, 2.05) is 6.07 Å². The second kappa shape index (κ2) is 6.29. The molecule has 0 aliphatic rings. The lowest BCUT2D eigenvalue weighted by Gasteiger charge is -2.11. The van der Waals surface area contributed by atoms with Crippen LogP contribution in [-0.4, -0.2) is 17.0 Å². The molecule has 0 saturated heterocycles. The molecule has 5 N–H and O–H groups in total. The van der Waals surface area contributed by atoms with Crippen molar-refractivity contribution in [2.75, 3.05) is 0 Å². The molecule has 2 aromatic rings. The van der Waals surface area contributed by atoms with Crippen molar-refractivity contribution in [3.8, 4) is 22.9 Å². The third-order valence-corrected chi connectivity index (χ3v) is 3.01. The SMILES string of the molecule is [C-]#[N+]c1ccc(O)c(C(=O)N=C(N)N)c1-c1cccc(C#N)c1. The Kier molecular flexibility index (Phi) is 4.25. The second-order valence-electron chi connectivity index (χ2n) is 4.50. The summed E-state index contributed by atoms with van der Waals surface area (Å²) in [5, 5.41) is 19.0. The fourth-order valence-corrected chi connectivity index (χ4v) is 2.10. The fourth-order valence-electron chi connectivity index (χ4n) is 2.10. The van der Waals surface area contributed by atoms with Crippen molar-refractivity contribution < 1.29 is 9.90 Å². The molecule has 0 aromatic heterocycles. The Morgan fingerprint density at radius 2 is 2.04 bits per heavy atom. The number of nitriles is 1. The minimum Gasteiger partial charge on any atom is -0.507 e. The number of benzene rings is 2. The van der Waals surface area contributed by atoms with Crippen molar-refractivity contribution in [2.45, 2.75) is 0 Å². The van der Waals surface area contributed by atoms with Gasteiger partial charge in [0.05, 0.1) is 23.8 Å². The van der Waals surface area contributed by atoms with E-state index in [1.54, 1.807) is 18.2 Å². The summed E-state index contributed by atoms with van der Waals surface area (Å²) in [4.78, 5) is 19.0. The Labute approximate surface area is 131 Å². The van der Waals surface area contributed by atoms with Gasteiger partial charge in [-0.25, -0.2) is 4.85 Å². The van der Waals surface area contributed by atoms with E-state index in [9.17, 15) is 9.90 Å². The zero-order valence-electron chi connectivity index (χ0n) is 11.8. The molecule has 112 valence electrons. The first kappa shape index (κ1) is 15.5. The molecule has 1 amide bonds. The molecule has 0 radical (unpaired) electrons. The molecule has 0 unspecified atom stereocenters. The third-order valence-electron chi connectivity index (χ3n) is 3.01. The number of hydrogen-bond acceptors (Lipinski definition) is 3. The second-order valence-corrected chi connectivity index (χ2v) is 4.50. The van der Waals surface area contributed by atoms with Gasteiger partial charge in [0, 0.05) is 5.56 Å². The van der Waals surface area contributed by atoms with E-state index in [0.717, 1.165) is 0 Å². The molecule has 0 bridgehead atoms. The largest absolute Gasteiger partial charge is 0.507 e. The Bertz CT molecular complexity index is 900. The molecule has 2 rings (SSSR count). The number of aromatic hydroxyl groups is 1. The van der Waals surface area contributed by atoms with Crippen molar-refractivity contribution in [1.29, 1.82) is 5.26 Å². The molecule has 0 saturated carbocycles. The highest BCUT2D eigenvalue weighted by Crippen LogP contribution is 2.39. The van der Waals surface area contributed by atoms with Crippen LogP contribution in [0.15, 0.2) is 41.4 Å². The summed E-state index contributed by atoms with van der Waals surface area (Å²) in [6, 6.07) is 10.9. The van der Waals surface area contributed by atoms with Gasteiger partial charge in [-0.1, -0.05) is 18.2 Å². The molecule has 2 aromatic carbocycles. The van der Waals surface area contributed by atoms with E-state index in [4.69, 9.17) is 23.3 Å². The van der Waals surface area contributed by atoms with E-state index < -0.39 is 11.9 Å². The molecule has 7 nitrogen and oxygen atoms in total. The van der Waals surface area contributed by atoms with Crippen LogP contribution in [0.25, 0.3) is 16.0 Å². The number of carbonyl (C=O) groups is 1. The van der Waals surface area contributed by atoms with Crippen LogP contribution in [0, 0.1) is 17.9 Å². The van der Waals surface area contributed by atoms with Crippen LogP contribution in [0.5, 0.6) is 5.75 Å². The van der Waals surface area contributed by atoms with Crippen molar-refractivity contribution in [2.24, 2.45) is 16.5 Å². The van der Waals surface area contributed by atoms with Gasteiger partial charge in [-0.2, -0.15) is 10.3 Å². The Hall–Kier alpha value is -3.84. The maximum absolute atomic E-state index is 12.2. The van der Waals surface area contributed by atoms with Crippen molar-refractivity contribution in [3.63, 3.8) is 0 Å². The van der Waals surface area contributed by atoms with Crippen molar-refractivity contribution in [1.82, 2.24) is 0 Å². The zero-order valence-corrected chi connectivity index (χ0v) is 11.8. The highest BCUT2D eigenvalue weighted by molar-refractivity contribution is 6.10. The van der Waals surface area contributed by atoms with Crippen molar-refractivity contribution in [3.05, 3.63) is 58.9 Å². The van der Waals surface area contributed by atoms with Crippen LogP contribution < -0.4 is 11.5 Å². The smallest absolute Gasteiger partial charge is 0.283 e. The summed E-state index contributed by atoms with van der Waals surface area (Å²) >= 11 is 0. The summed E-state index contributed by atoms with van der Waals surface area (Å²) in [7, 11) is 0. The van der Waals surface area contributed by atoms with Gasteiger partial charge >= 0.3 is 0 Å². The first-order chi connectivity index (χ1) is 11.0. The minimum atomic E-state index is -0.870. The normalized spacial score (nSPS) is 9.48. The number of nitrogens with zero attached hydrogens (tertiary/aromatic N) is 3. The number of amides is 1. The maximum Gasteiger partial charge on any atom is 0.283 e. The molecule has 0 aliphatic heterocycles. The lowest BCUT2D eigenvalue weighted by molar-refractivity contribution is 0.100. The zero-order chi connectivity index (χ0) is 17.0. The van der Waals surface area contributed by atoms with Gasteiger partial charge in [0.2, 0.25) is 0 Å². The molecule has 0 fully saturated rings. The number of hydrogen-bond donors (Lipinski definition) is 3. The monoisotopic (exact) mass is 305 g/mol. The summed E-state index contributed by atoms with van der Waals surface area (Å²) < 4.78 is 0. The number of phenolic OH excluding ortho intramolecular Hbond substituents is 1. The third kappa shape index (κ3) is 3.09. The standard InChI is InChI=1S/C16H11N5O2/c1-20-11-5-6-12(22)14(15(23)21-16(18)19)13(11)10-4-2-3-9(7-10)8-17/h2-7,22H,(H4,18,19,21,23). The predicted octanol–water partition coefficient (Wildman–Crippen LogP) is 1.90. The summed E-state index contributed by atoms with van der Waals surface area (Å²) in [5.41, 5.74) is 11.3. The number of nitrogens with two attached hydrogens (primary N) is 2. The molecule has 0 atom stereocenters.